The molecule has 2 aliphatic rings. The van der Waals surface area contributed by atoms with Crippen LogP contribution in [-0.2, 0) is 19.6 Å². The average molecular weight is 413 g/mol. The van der Waals surface area contributed by atoms with E-state index in [1.807, 2.05) is 0 Å². The largest absolute Gasteiger partial charge is 0.469 e. The molecule has 2 heterocycles. The summed E-state index contributed by atoms with van der Waals surface area (Å²) in [6.07, 6.45) is 1.31. The van der Waals surface area contributed by atoms with E-state index in [1.165, 1.54) is 25.3 Å². The van der Waals surface area contributed by atoms with Gasteiger partial charge >= 0.3 is 12.0 Å². The molecule has 2 saturated heterocycles. The normalized spacial score (nSPS) is 21.5. The molecule has 2 aliphatic heterocycles. The second-order valence-corrected chi connectivity index (χ2v) is 8.80. The number of hydrogen-bond acceptors (Lipinski definition) is 5. The van der Waals surface area contributed by atoms with Crippen LogP contribution >= 0.6 is 0 Å². The average Bonchev–Trinajstić information content (AvgIpc) is 3.16. The number of nitrogens with zero attached hydrogens (tertiary/aromatic N) is 2. The van der Waals surface area contributed by atoms with E-state index in [0.29, 0.717) is 38.8 Å². The molecule has 1 aromatic rings. The van der Waals surface area contributed by atoms with Gasteiger partial charge in [-0.25, -0.2) is 17.6 Å². The first kappa shape index (κ1) is 20.5. The number of methoxy groups -OCH3 is 1. The minimum absolute atomic E-state index is 0.214. The fourth-order valence-electron chi connectivity index (χ4n) is 3.67. The van der Waals surface area contributed by atoms with Crippen LogP contribution in [0.2, 0.25) is 0 Å². The molecule has 8 nitrogen and oxygen atoms in total. The number of urea groups is 1. The maximum atomic E-state index is 14.0. The molecule has 154 valence electrons. The van der Waals surface area contributed by atoms with E-state index < -0.39 is 26.9 Å². The Morgan fingerprint density at radius 2 is 1.82 bits per heavy atom. The Kier molecular flexibility index (Phi) is 6.19. The Hall–Kier alpha value is -2.20. The first-order valence-electron chi connectivity index (χ1n) is 9.24. The number of sulfonamides is 1. The van der Waals surface area contributed by atoms with E-state index in [4.69, 9.17) is 4.74 Å². The molecule has 0 bridgehead atoms. The Morgan fingerprint density at radius 1 is 1.14 bits per heavy atom. The first-order valence-corrected chi connectivity index (χ1v) is 10.7. The van der Waals surface area contributed by atoms with Gasteiger partial charge in [0.1, 0.15) is 10.7 Å². The van der Waals surface area contributed by atoms with Gasteiger partial charge in [-0.3, -0.25) is 4.79 Å². The summed E-state index contributed by atoms with van der Waals surface area (Å²) < 4.78 is 45.6. The summed E-state index contributed by atoms with van der Waals surface area (Å²) >= 11 is 0. The van der Waals surface area contributed by atoms with Crippen LogP contribution in [0.25, 0.3) is 0 Å². The summed E-state index contributed by atoms with van der Waals surface area (Å²) in [5.74, 6) is -1.32. The number of carbonyl (C=O) groups is 2. The molecule has 1 unspecified atom stereocenters. The first-order chi connectivity index (χ1) is 13.3. The number of nitrogens with one attached hydrogen (secondary N) is 1. The molecule has 0 radical (unpaired) electrons. The van der Waals surface area contributed by atoms with Crippen LogP contribution in [0.15, 0.2) is 29.2 Å². The van der Waals surface area contributed by atoms with Crippen molar-refractivity contribution in [3.63, 3.8) is 0 Å². The highest BCUT2D eigenvalue weighted by Crippen LogP contribution is 2.27. The Labute approximate surface area is 163 Å². The van der Waals surface area contributed by atoms with Gasteiger partial charge < -0.3 is 15.0 Å². The third kappa shape index (κ3) is 4.12. The van der Waals surface area contributed by atoms with Gasteiger partial charge in [0, 0.05) is 19.6 Å². The quantitative estimate of drug-likeness (QED) is 0.756. The highest BCUT2D eigenvalue weighted by molar-refractivity contribution is 7.89. The molecule has 0 saturated carbocycles. The number of carbonyl (C=O) groups excluding carboxylic acids is 2. The van der Waals surface area contributed by atoms with E-state index in [9.17, 15) is 22.4 Å². The zero-order valence-corrected chi connectivity index (χ0v) is 16.5. The van der Waals surface area contributed by atoms with Gasteiger partial charge in [0.15, 0.2) is 0 Å². The lowest BCUT2D eigenvalue weighted by molar-refractivity contribution is -0.146. The number of likely N-dealkylation sites (tertiary alicyclic amines) is 1. The van der Waals surface area contributed by atoms with Gasteiger partial charge in [0.2, 0.25) is 10.0 Å². The van der Waals surface area contributed by atoms with Gasteiger partial charge in [0.25, 0.3) is 0 Å². The molecule has 2 fully saturated rings. The summed E-state index contributed by atoms with van der Waals surface area (Å²) in [6.45, 7) is 0.989. The van der Waals surface area contributed by atoms with Gasteiger partial charge in [-0.2, -0.15) is 4.31 Å². The van der Waals surface area contributed by atoms with Crippen LogP contribution in [0.3, 0.4) is 0 Å². The monoisotopic (exact) mass is 413 g/mol. The Bertz CT molecular complexity index is 839. The summed E-state index contributed by atoms with van der Waals surface area (Å²) in [6, 6.07) is 4.83. The summed E-state index contributed by atoms with van der Waals surface area (Å²) in [7, 11) is -2.71. The van der Waals surface area contributed by atoms with Crippen LogP contribution < -0.4 is 5.32 Å². The maximum Gasteiger partial charge on any atom is 0.318 e. The number of halogens is 1. The van der Waals surface area contributed by atoms with Gasteiger partial charge in [0.05, 0.1) is 19.2 Å². The van der Waals surface area contributed by atoms with E-state index in [0.717, 1.165) is 10.4 Å². The van der Waals surface area contributed by atoms with Crippen molar-refractivity contribution in [3.8, 4) is 0 Å². The molecule has 1 atom stereocenters. The molecular formula is C18H24FN3O5S. The number of piperidine rings is 1. The molecule has 2 amide bonds. The van der Waals surface area contributed by atoms with Crippen LogP contribution in [0.5, 0.6) is 0 Å². The van der Waals surface area contributed by atoms with Crippen LogP contribution in [0.4, 0.5) is 9.18 Å². The van der Waals surface area contributed by atoms with Crippen molar-refractivity contribution in [1.82, 2.24) is 14.5 Å². The maximum absolute atomic E-state index is 14.0. The van der Waals surface area contributed by atoms with E-state index in [1.54, 1.807) is 4.90 Å². The zero-order valence-electron chi connectivity index (χ0n) is 15.6. The van der Waals surface area contributed by atoms with E-state index in [-0.39, 0.29) is 24.5 Å². The van der Waals surface area contributed by atoms with Gasteiger partial charge in [-0.05, 0) is 37.8 Å². The van der Waals surface area contributed by atoms with Crippen LogP contribution in [-0.4, -0.2) is 62.5 Å². The number of benzene rings is 1. The van der Waals surface area contributed by atoms with Crippen molar-refractivity contribution < 1.29 is 27.1 Å². The third-order valence-corrected chi connectivity index (χ3v) is 7.18. The molecule has 0 aromatic heterocycles. The highest BCUT2D eigenvalue weighted by Gasteiger charge is 2.38. The number of esters is 1. The molecule has 1 N–H and O–H groups in total. The number of amides is 2. The van der Waals surface area contributed by atoms with Crippen molar-refractivity contribution in [1.29, 1.82) is 0 Å². The number of rotatable bonds is 4. The highest BCUT2D eigenvalue weighted by atomic mass is 32.2. The standard InChI is InChI=1S/C18H24FN3O5S/c1-27-17(23)13-8-11-21(12-9-13)18(24)20-16-7-4-10-22(16)28(25,26)15-6-3-2-5-14(15)19/h2-3,5-6,13,16H,4,7-12H2,1H3,(H,20,24). The molecule has 0 aliphatic carbocycles. The van der Waals surface area contributed by atoms with Crippen molar-refractivity contribution in [3.05, 3.63) is 30.1 Å². The van der Waals surface area contributed by atoms with Crippen molar-refractivity contribution >= 4 is 22.0 Å². The lowest BCUT2D eigenvalue weighted by atomic mass is 9.97. The lowest BCUT2D eigenvalue weighted by Gasteiger charge is -2.33. The van der Waals surface area contributed by atoms with Gasteiger partial charge in [-0.15, -0.1) is 0 Å². The molecule has 1 aromatic carbocycles. The second-order valence-electron chi connectivity index (χ2n) is 6.94. The van der Waals surface area contributed by atoms with Crippen molar-refractivity contribution in [2.75, 3.05) is 26.7 Å². The predicted octanol–water partition coefficient (Wildman–Crippen LogP) is 1.53. The summed E-state index contributed by atoms with van der Waals surface area (Å²) in [4.78, 5) is 25.3. The minimum atomic E-state index is -4.05. The molecule has 28 heavy (non-hydrogen) atoms. The van der Waals surface area contributed by atoms with E-state index >= 15 is 0 Å². The lowest BCUT2D eigenvalue weighted by Crippen LogP contribution is -2.53. The fraction of sp³-hybridized carbons (Fsp3) is 0.556. The summed E-state index contributed by atoms with van der Waals surface area (Å²) in [5.41, 5.74) is 0. The predicted molar refractivity (Wildman–Crippen MR) is 98.2 cm³/mol. The number of hydrogen-bond donors (Lipinski definition) is 1. The Balaban J connectivity index is 1.65. The molecule has 3 rings (SSSR count). The van der Waals surface area contributed by atoms with Crippen LogP contribution in [0, 0.1) is 11.7 Å². The van der Waals surface area contributed by atoms with Crippen LogP contribution in [0.1, 0.15) is 25.7 Å². The number of ether oxygens (including phenoxy) is 1. The van der Waals surface area contributed by atoms with Crippen molar-refractivity contribution in [2.45, 2.75) is 36.7 Å². The van der Waals surface area contributed by atoms with Gasteiger partial charge in [-0.1, -0.05) is 12.1 Å². The Morgan fingerprint density at radius 3 is 2.46 bits per heavy atom. The fourth-order valence-corrected chi connectivity index (χ4v) is 5.35. The van der Waals surface area contributed by atoms with E-state index in [2.05, 4.69) is 5.32 Å². The second kappa shape index (κ2) is 8.44. The minimum Gasteiger partial charge on any atom is -0.469 e. The van der Waals surface area contributed by atoms with Crippen molar-refractivity contribution in [2.24, 2.45) is 5.92 Å². The smallest absolute Gasteiger partial charge is 0.318 e. The molecule has 0 spiro atoms. The molecular weight excluding hydrogens is 389 g/mol. The zero-order chi connectivity index (χ0) is 20.3. The third-order valence-electron chi connectivity index (χ3n) is 5.23. The summed E-state index contributed by atoms with van der Waals surface area (Å²) in [5, 5.41) is 2.75. The SMILES string of the molecule is COC(=O)C1CCN(C(=O)NC2CCCN2S(=O)(=O)c2ccccc2F)CC1. The topological polar surface area (TPSA) is 96.0 Å². The molecule has 10 heteroatoms.